The molecule has 0 aromatic heterocycles. The molecule has 1 aliphatic rings. The lowest BCUT2D eigenvalue weighted by Crippen LogP contribution is -2.52. The van der Waals surface area contributed by atoms with E-state index in [0.29, 0.717) is 4.47 Å². The molecule has 0 spiro atoms. The van der Waals surface area contributed by atoms with E-state index in [1.54, 1.807) is 12.1 Å². The zero-order chi connectivity index (χ0) is 15.6. The molecule has 0 saturated carbocycles. The van der Waals surface area contributed by atoms with Gasteiger partial charge in [-0.05, 0) is 30.7 Å². The molecule has 2 rings (SSSR count). The fourth-order valence-electron chi connectivity index (χ4n) is 1.99. The fraction of sp³-hybridized carbons (Fsp3) is 0.385. The second-order valence-electron chi connectivity index (χ2n) is 4.57. The third-order valence-electron chi connectivity index (χ3n) is 3.03. The number of alkyl halides is 3. The van der Waals surface area contributed by atoms with Crippen LogP contribution in [0.5, 0.6) is 0 Å². The minimum atomic E-state index is -4.69. The van der Waals surface area contributed by atoms with E-state index in [1.807, 2.05) is 5.32 Å². The molecule has 1 saturated heterocycles. The average Bonchev–Trinajstić information content (AvgIpc) is 2.81. The molecule has 2 atom stereocenters. The molecule has 4 nitrogen and oxygen atoms in total. The first-order chi connectivity index (χ1) is 9.77. The molecule has 8 heteroatoms. The highest BCUT2D eigenvalue weighted by Crippen LogP contribution is 2.29. The summed E-state index contributed by atoms with van der Waals surface area (Å²) in [6, 6.07) is 3.68. The minimum Gasteiger partial charge on any atom is -0.460 e. The number of rotatable bonds is 3. The lowest BCUT2D eigenvalue weighted by Gasteiger charge is -2.25. The van der Waals surface area contributed by atoms with Crippen molar-refractivity contribution in [2.45, 2.75) is 31.2 Å². The first-order valence-corrected chi connectivity index (χ1v) is 6.89. The standard InChI is InChI=1S/C13H11BrF3NO3/c14-8-3-1-7(2-4-8)12(20)18-11(13(15,16)17)9-5-6-10(19)21-9/h1-4,9,11H,5-6H2,(H,18,20)/t9-,11+/m1/s1. The van der Waals surface area contributed by atoms with Gasteiger partial charge in [-0.1, -0.05) is 15.9 Å². The van der Waals surface area contributed by atoms with Gasteiger partial charge in [0.05, 0.1) is 0 Å². The molecule has 114 valence electrons. The maximum Gasteiger partial charge on any atom is 0.412 e. The fourth-order valence-corrected chi connectivity index (χ4v) is 2.26. The Hall–Kier alpha value is -1.57. The lowest BCUT2D eigenvalue weighted by atomic mass is 10.1. The number of hydrogen-bond acceptors (Lipinski definition) is 3. The Morgan fingerprint density at radius 2 is 1.95 bits per heavy atom. The van der Waals surface area contributed by atoms with Gasteiger partial charge >= 0.3 is 12.1 Å². The minimum absolute atomic E-state index is 0.0658. The molecular formula is C13H11BrF3NO3. The van der Waals surface area contributed by atoms with Crippen molar-refractivity contribution in [3.8, 4) is 0 Å². The Bertz CT molecular complexity index is 545. The smallest absolute Gasteiger partial charge is 0.412 e. The molecule has 21 heavy (non-hydrogen) atoms. The van der Waals surface area contributed by atoms with Crippen LogP contribution in [0, 0.1) is 0 Å². The predicted molar refractivity (Wildman–Crippen MR) is 70.6 cm³/mol. The van der Waals surface area contributed by atoms with Gasteiger partial charge < -0.3 is 10.1 Å². The van der Waals surface area contributed by atoms with Crippen LogP contribution in [0.15, 0.2) is 28.7 Å². The second kappa shape index (κ2) is 6.05. The molecule has 0 bridgehead atoms. The van der Waals surface area contributed by atoms with Crippen LogP contribution in [0.25, 0.3) is 0 Å². The highest BCUT2D eigenvalue weighted by atomic mass is 79.9. The van der Waals surface area contributed by atoms with Crippen molar-refractivity contribution in [2.24, 2.45) is 0 Å². The normalized spacial score (nSPS) is 20.0. The highest BCUT2D eigenvalue weighted by Gasteiger charge is 2.49. The number of carbonyl (C=O) groups is 2. The number of amides is 1. The summed E-state index contributed by atoms with van der Waals surface area (Å²) in [5.74, 6) is -1.56. The maximum absolute atomic E-state index is 13.0. The summed E-state index contributed by atoms with van der Waals surface area (Å²) in [5, 5.41) is 1.90. The molecular weight excluding hydrogens is 355 g/mol. The van der Waals surface area contributed by atoms with Crippen LogP contribution < -0.4 is 5.32 Å². The third kappa shape index (κ3) is 3.96. The molecule has 1 amide bonds. The topological polar surface area (TPSA) is 55.4 Å². The van der Waals surface area contributed by atoms with Gasteiger partial charge in [0.25, 0.3) is 5.91 Å². The van der Waals surface area contributed by atoms with Crippen LogP contribution in [0.2, 0.25) is 0 Å². The van der Waals surface area contributed by atoms with Gasteiger partial charge in [-0.25, -0.2) is 0 Å². The summed E-state index contributed by atoms with van der Waals surface area (Å²) in [6.45, 7) is 0. The summed E-state index contributed by atoms with van der Waals surface area (Å²) < 4.78 is 44.4. The Kier molecular flexibility index (Phi) is 4.55. The van der Waals surface area contributed by atoms with E-state index in [1.165, 1.54) is 12.1 Å². The first kappa shape index (κ1) is 15.8. The number of carbonyl (C=O) groups excluding carboxylic acids is 2. The van der Waals surface area contributed by atoms with Crippen molar-refractivity contribution in [1.29, 1.82) is 0 Å². The predicted octanol–water partition coefficient (Wildman–Crippen LogP) is 2.82. The molecule has 0 aliphatic carbocycles. The summed E-state index contributed by atoms with van der Waals surface area (Å²) in [5.41, 5.74) is 0.0942. The van der Waals surface area contributed by atoms with Crippen molar-refractivity contribution >= 4 is 27.8 Å². The first-order valence-electron chi connectivity index (χ1n) is 6.10. The molecule has 1 heterocycles. The number of ether oxygens (including phenoxy) is 1. The number of esters is 1. The number of benzene rings is 1. The summed E-state index contributed by atoms with van der Waals surface area (Å²) in [6.07, 6.45) is -6.22. The van der Waals surface area contributed by atoms with Gasteiger partial charge in [0.2, 0.25) is 0 Å². The van der Waals surface area contributed by atoms with Crippen molar-refractivity contribution in [1.82, 2.24) is 5.32 Å². The molecule has 1 fully saturated rings. The summed E-state index contributed by atoms with van der Waals surface area (Å²) in [7, 11) is 0. The highest BCUT2D eigenvalue weighted by molar-refractivity contribution is 9.10. The van der Waals surface area contributed by atoms with Crippen LogP contribution in [0.3, 0.4) is 0 Å². The van der Waals surface area contributed by atoms with Crippen LogP contribution in [-0.4, -0.2) is 30.2 Å². The van der Waals surface area contributed by atoms with Crippen molar-refractivity contribution < 1.29 is 27.5 Å². The van der Waals surface area contributed by atoms with Gasteiger partial charge in [0.15, 0.2) is 6.04 Å². The quantitative estimate of drug-likeness (QED) is 0.838. The molecule has 0 unspecified atom stereocenters. The number of cyclic esters (lactones) is 1. The summed E-state index contributed by atoms with van der Waals surface area (Å²) >= 11 is 3.17. The molecule has 0 radical (unpaired) electrons. The van der Waals surface area contributed by atoms with E-state index in [2.05, 4.69) is 20.7 Å². The number of halogens is 4. The number of hydrogen-bond donors (Lipinski definition) is 1. The van der Waals surface area contributed by atoms with Crippen LogP contribution >= 0.6 is 15.9 Å². The zero-order valence-electron chi connectivity index (χ0n) is 10.6. The van der Waals surface area contributed by atoms with E-state index in [0.717, 1.165) is 0 Å². The van der Waals surface area contributed by atoms with Gasteiger partial charge in [-0.15, -0.1) is 0 Å². The van der Waals surface area contributed by atoms with Gasteiger partial charge in [-0.3, -0.25) is 9.59 Å². The van der Waals surface area contributed by atoms with Crippen molar-refractivity contribution in [3.05, 3.63) is 34.3 Å². The third-order valence-corrected chi connectivity index (χ3v) is 3.56. The van der Waals surface area contributed by atoms with Crippen LogP contribution in [0.1, 0.15) is 23.2 Å². The van der Waals surface area contributed by atoms with E-state index in [9.17, 15) is 22.8 Å². The maximum atomic E-state index is 13.0. The van der Waals surface area contributed by atoms with Gasteiger partial charge in [-0.2, -0.15) is 13.2 Å². The van der Waals surface area contributed by atoms with Crippen LogP contribution in [0.4, 0.5) is 13.2 Å². The van der Waals surface area contributed by atoms with Crippen molar-refractivity contribution in [3.63, 3.8) is 0 Å². The monoisotopic (exact) mass is 365 g/mol. The van der Waals surface area contributed by atoms with E-state index in [-0.39, 0.29) is 18.4 Å². The van der Waals surface area contributed by atoms with Gasteiger partial charge in [0, 0.05) is 16.5 Å². The SMILES string of the molecule is O=C1CC[C@H]([C@H](NC(=O)c2ccc(Br)cc2)C(F)(F)F)O1. The summed E-state index contributed by atoms with van der Waals surface area (Å²) in [4.78, 5) is 22.9. The molecule has 1 N–H and O–H groups in total. The van der Waals surface area contributed by atoms with Crippen LogP contribution in [-0.2, 0) is 9.53 Å². The Balaban J connectivity index is 2.13. The second-order valence-corrected chi connectivity index (χ2v) is 5.48. The molecule has 1 aromatic rings. The number of nitrogens with one attached hydrogen (secondary N) is 1. The average molecular weight is 366 g/mol. The van der Waals surface area contributed by atoms with Crippen molar-refractivity contribution in [2.75, 3.05) is 0 Å². The zero-order valence-corrected chi connectivity index (χ0v) is 12.2. The van der Waals surface area contributed by atoms with Gasteiger partial charge in [0.1, 0.15) is 6.10 Å². The lowest BCUT2D eigenvalue weighted by molar-refractivity contribution is -0.180. The molecule has 1 aromatic carbocycles. The Labute approximate surface area is 126 Å². The van der Waals surface area contributed by atoms with E-state index >= 15 is 0 Å². The Morgan fingerprint density at radius 1 is 1.33 bits per heavy atom. The van der Waals surface area contributed by atoms with E-state index < -0.39 is 30.2 Å². The molecule has 1 aliphatic heterocycles. The Morgan fingerprint density at radius 3 is 2.43 bits per heavy atom. The van der Waals surface area contributed by atoms with E-state index in [4.69, 9.17) is 0 Å². The largest absolute Gasteiger partial charge is 0.460 e.